The van der Waals surface area contributed by atoms with Gasteiger partial charge in [0.2, 0.25) is 0 Å². The molecule has 0 atom stereocenters. The zero-order chi connectivity index (χ0) is 22.7. The Balaban J connectivity index is 1.33. The number of amides is 1. The van der Waals surface area contributed by atoms with E-state index < -0.39 is 17.5 Å². The maximum atomic E-state index is 14.6. The van der Waals surface area contributed by atoms with Crippen LogP contribution in [0.1, 0.15) is 53.1 Å². The SMILES string of the molecule is CSNC(=O)c1cc(C2CC2)c(OCC2CCN(Cc3ccc(F)c(Cl)c3)CC2)cc1F. The van der Waals surface area contributed by atoms with Crippen molar-refractivity contribution in [2.24, 2.45) is 5.92 Å². The highest BCUT2D eigenvalue weighted by Crippen LogP contribution is 2.45. The molecule has 2 aromatic carbocycles. The Hall–Kier alpha value is -1.83. The number of likely N-dealkylation sites (tertiary alicyclic amines) is 1. The number of ether oxygens (including phenoxy) is 1. The lowest BCUT2D eigenvalue weighted by molar-refractivity contribution is 0.0980. The van der Waals surface area contributed by atoms with Crippen LogP contribution in [-0.4, -0.2) is 36.8 Å². The van der Waals surface area contributed by atoms with Gasteiger partial charge in [0.05, 0.1) is 17.2 Å². The topological polar surface area (TPSA) is 41.6 Å². The number of rotatable bonds is 8. The van der Waals surface area contributed by atoms with Crippen LogP contribution in [0.3, 0.4) is 0 Å². The fourth-order valence-electron chi connectivity index (χ4n) is 4.15. The average molecular weight is 481 g/mol. The quantitative estimate of drug-likeness (QED) is 0.485. The Morgan fingerprint density at radius 1 is 1.16 bits per heavy atom. The van der Waals surface area contributed by atoms with Crippen LogP contribution in [0.15, 0.2) is 30.3 Å². The van der Waals surface area contributed by atoms with Crippen molar-refractivity contribution in [1.29, 1.82) is 0 Å². The highest BCUT2D eigenvalue weighted by molar-refractivity contribution is 7.97. The van der Waals surface area contributed by atoms with Crippen LogP contribution in [-0.2, 0) is 6.54 Å². The van der Waals surface area contributed by atoms with Gasteiger partial charge in [-0.05, 0) is 79.9 Å². The Labute approximate surface area is 196 Å². The van der Waals surface area contributed by atoms with E-state index in [2.05, 4.69) is 9.62 Å². The molecule has 0 bridgehead atoms. The molecule has 0 radical (unpaired) electrons. The second kappa shape index (κ2) is 10.4. The Morgan fingerprint density at radius 3 is 2.56 bits per heavy atom. The largest absolute Gasteiger partial charge is 0.493 e. The normalized spacial score (nSPS) is 17.4. The summed E-state index contributed by atoms with van der Waals surface area (Å²) in [5, 5.41) is 0.154. The number of carbonyl (C=O) groups is 1. The molecule has 1 heterocycles. The first kappa shape index (κ1) is 23.3. The maximum Gasteiger partial charge on any atom is 0.264 e. The Bertz CT molecular complexity index is 979. The number of hydrogen-bond donors (Lipinski definition) is 1. The summed E-state index contributed by atoms with van der Waals surface area (Å²) in [4.78, 5) is 14.5. The molecule has 1 aliphatic carbocycles. The van der Waals surface area contributed by atoms with E-state index in [1.807, 2.05) is 0 Å². The lowest BCUT2D eigenvalue weighted by atomic mass is 9.97. The van der Waals surface area contributed by atoms with Crippen molar-refractivity contribution in [3.63, 3.8) is 0 Å². The molecule has 1 aliphatic heterocycles. The van der Waals surface area contributed by atoms with Crippen LogP contribution >= 0.6 is 23.5 Å². The van der Waals surface area contributed by atoms with Gasteiger partial charge in [0.1, 0.15) is 17.4 Å². The fraction of sp³-hybridized carbons (Fsp3) is 0.458. The lowest BCUT2D eigenvalue weighted by Gasteiger charge is -2.32. The van der Waals surface area contributed by atoms with Crippen molar-refractivity contribution in [1.82, 2.24) is 9.62 Å². The summed E-state index contributed by atoms with van der Waals surface area (Å²) in [6.45, 7) is 3.11. The molecule has 32 heavy (non-hydrogen) atoms. The molecule has 2 aliphatic rings. The van der Waals surface area contributed by atoms with E-state index in [1.54, 1.807) is 24.5 Å². The Morgan fingerprint density at radius 2 is 1.91 bits per heavy atom. The molecule has 4 rings (SSSR count). The average Bonchev–Trinajstić information content (AvgIpc) is 3.61. The standard InChI is InChI=1S/C24H27ClF2N2O2S/c1-32-28-24(30)19-11-18(17-3-4-17)23(12-22(19)27)31-14-15-6-8-29(9-7-15)13-16-2-5-21(26)20(25)10-16/h2,5,10-12,15,17H,3-4,6-9,13-14H2,1H3,(H,28,30). The number of hydrogen-bond acceptors (Lipinski definition) is 4. The number of nitrogens with one attached hydrogen (secondary N) is 1. The first-order chi connectivity index (χ1) is 15.4. The number of carbonyl (C=O) groups excluding carboxylic acids is 1. The van der Waals surface area contributed by atoms with Gasteiger partial charge in [-0.2, -0.15) is 0 Å². The monoisotopic (exact) mass is 480 g/mol. The summed E-state index contributed by atoms with van der Waals surface area (Å²) in [6, 6.07) is 7.89. The van der Waals surface area contributed by atoms with E-state index >= 15 is 0 Å². The van der Waals surface area contributed by atoms with Gasteiger partial charge >= 0.3 is 0 Å². The molecule has 0 spiro atoms. The van der Waals surface area contributed by atoms with E-state index in [4.69, 9.17) is 16.3 Å². The van der Waals surface area contributed by atoms with Gasteiger partial charge in [0.15, 0.2) is 0 Å². The molecular weight excluding hydrogens is 454 g/mol. The number of piperidine rings is 1. The minimum Gasteiger partial charge on any atom is -0.493 e. The van der Waals surface area contributed by atoms with Crippen LogP contribution in [0, 0.1) is 17.6 Å². The fourth-order valence-corrected chi connectivity index (χ4v) is 4.65. The van der Waals surface area contributed by atoms with Crippen molar-refractivity contribution in [3.8, 4) is 5.75 Å². The zero-order valence-electron chi connectivity index (χ0n) is 18.0. The van der Waals surface area contributed by atoms with Gasteiger partial charge in [-0.25, -0.2) is 8.78 Å². The number of nitrogens with zero attached hydrogens (tertiary/aromatic N) is 1. The predicted octanol–water partition coefficient (Wildman–Crippen LogP) is 5.79. The highest BCUT2D eigenvalue weighted by atomic mass is 35.5. The van der Waals surface area contributed by atoms with Crippen LogP contribution in [0.4, 0.5) is 8.78 Å². The molecule has 2 fully saturated rings. The summed E-state index contributed by atoms with van der Waals surface area (Å²) >= 11 is 7.04. The third kappa shape index (κ3) is 5.74. The van der Waals surface area contributed by atoms with E-state index in [0.717, 1.165) is 68.4 Å². The van der Waals surface area contributed by atoms with Crippen molar-refractivity contribution < 1.29 is 18.3 Å². The third-order valence-electron chi connectivity index (χ3n) is 6.13. The van der Waals surface area contributed by atoms with Gasteiger partial charge in [0, 0.05) is 18.9 Å². The predicted molar refractivity (Wildman–Crippen MR) is 124 cm³/mol. The maximum absolute atomic E-state index is 14.6. The second-order valence-corrected chi connectivity index (χ2v) is 9.58. The van der Waals surface area contributed by atoms with Gasteiger partial charge in [-0.15, -0.1) is 0 Å². The molecule has 8 heteroatoms. The zero-order valence-corrected chi connectivity index (χ0v) is 19.6. The molecule has 0 aromatic heterocycles. The molecule has 1 amide bonds. The van der Waals surface area contributed by atoms with E-state index in [-0.39, 0.29) is 10.6 Å². The Kier molecular flexibility index (Phi) is 7.59. The summed E-state index contributed by atoms with van der Waals surface area (Å²) in [5.41, 5.74) is 2.01. The molecule has 172 valence electrons. The summed E-state index contributed by atoms with van der Waals surface area (Å²) in [6.07, 6.45) is 5.76. The van der Waals surface area contributed by atoms with Crippen molar-refractivity contribution in [2.75, 3.05) is 26.0 Å². The van der Waals surface area contributed by atoms with Crippen molar-refractivity contribution in [2.45, 2.75) is 38.1 Å². The first-order valence-electron chi connectivity index (χ1n) is 10.9. The van der Waals surface area contributed by atoms with Crippen LogP contribution in [0.2, 0.25) is 5.02 Å². The molecule has 1 N–H and O–H groups in total. The number of halogens is 3. The van der Waals surface area contributed by atoms with Crippen LogP contribution in [0.5, 0.6) is 5.75 Å². The van der Waals surface area contributed by atoms with Crippen molar-refractivity contribution in [3.05, 3.63) is 63.7 Å². The molecule has 2 aromatic rings. The van der Waals surface area contributed by atoms with Gasteiger partial charge in [0.25, 0.3) is 5.91 Å². The highest BCUT2D eigenvalue weighted by Gasteiger charge is 2.30. The molecule has 1 saturated carbocycles. The van der Waals surface area contributed by atoms with E-state index in [0.29, 0.717) is 24.2 Å². The minimum atomic E-state index is -0.552. The molecule has 0 unspecified atom stereocenters. The van der Waals surface area contributed by atoms with Gasteiger partial charge < -0.3 is 4.74 Å². The van der Waals surface area contributed by atoms with Gasteiger partial charge in [-0.1, -0.05) is 29.6 Å². The minimum absolute atomic E-state index is 0.0720. The smallest absolute Gasteiger partial charge is 0.264 e. The van der Waals surface area contributed by atoms with E-state index in [1.165, 1.54) is 12.1 Å². The first-order valence-corrected chi connectivity index (χ1v) is 12.5. The van der Waals surface area contributed by atoms with Crippen LogP contribution < -0.4 is 9.46 Å². The summed E-state index contributed by atoms with van der Waals surface area (Å²) < 4.78 is 36.6. The van der Waals surface area contributed by atoms with Crippen LogP contribution in [0.25, 0.3) is 0 Å². The van der Waals surface area contributed by atoms with E-state index in [9.17, 15) is 13.6 Å². The molecule has 4 nitrogen and oxygen atoms in total. The number of benzene rings is 2. The van der Waals surface area contributed by atoms with Crippen molar-refractivity contribution >= 4 is 29.5 Å². The summed E-state index contributed by atoms with van der Waals surface area (Å²) in [7, 11) is 0. The molecule has 1 saturated heterocycles. The second-order valence-electron chi connectivity index (χ2n) is 8.56. The third-order valence-corrected chi connectivity index (χ3v) is 6.81. The lowest BCUT2D eigenvalue weighted by Crippen LogP contribution is -2.35. The molecular formula is C24H27ClF2N2O2S. The summed E-state index contributed by atoms with van der Waals surface area (Å²) in [5.74, 6) is -0.0734. The van der Waals surface area contributed by atoms with Gasteiger partial charge in [-0.3, -0.25) is 14.4 Å².